The molecule has 12 heteroatoms. The summed E-state index contributed by atoms with van der Waals surface area (Å²) in [6, 6.07) is 3.58. The van der Waals surface area contributed by atoms with Gasteiger partial charge in [0.15, 0.2) is 0 Å². The van der Waals surface area contributed by atoms with Gasteiger partial charge in [-0.15, -0.1) is 0 Å². The van der Waals surface area contributed by atoms with Gasteiger partial charge < -0.3 is 18.3 Å². The molecule has 0 spiro atoms. The molecule has 0 radical (unpaired) electrons. The number of nitrogens with zero attached hydrogens (tertiary/aromatic N) is 3. The molecule has 1 aliphatic rings. The van der Waals surface area contributed by atoms with Crippen molar-refractivity contribution in [3.63, 3.8) is 0 Å². The summed E-state index contributed by atoms with van der Waals surface area (Å²) in [4.78, 5) is 26.0. The van der Waals surface area contributed by atoms with Crippen LogP contribution in [0.15, 0.2) is 33.7 Å². The third-order valence-corrected chi connectivity index (χ3v) is 7.84. The van der Waals surface area contributed by atoms with Crippen molar-refractivity contribution in [2.45, 2.75) is 71.1 Å². The second-order valence-corrected chi connectivity index (χ2v) is 13.3. The maximum absolute atomic E-state index is 12.3. The van der Waals surface area contributed by atoms with Gasteiger partial charge >= 0.3 is 5.69 Å². The van der Waals surface area contributed by atoms with Crippen molar-refractivity contribution in [1.82, 2.24) is 14.2 Å². The predicted molar refractivity (Wildman–Crippen MR) is 129 cm³/mol. The molecule has 4 atom stereocenters. The summed E-state index contributed by atoms with van der Waals surface area (Å²) in [6.07, 6.45) is 1.91. The average Bonchev–Trinajstić information content (AvgIpc) is 3.07. The van der Waals surface area contributed by atoms with Crippen molar-refractivity contribution in [1.29, 1.82) is 5.26 Å². The van der Waals surface area contributed by atoms with E-state index < -0.39 is 45.4 Å². The van der Waals surface area contributed by atoms with Gasteiger partial charge in [0.2, 0.25) is 0 Å². The van der Waals surface area contributed by atoms with E-state index in [1.807, 2.05) is 27.7 Å². The van der Waals surface area contributed by atoms with Crippen LogP contribution in [0.2, 0.25) is 0 Å². The van der Waals surface area contributed by atoms with Crippen molar-refractivity contribution in [3.05, 3.63) is 45.0 Å². The maximum atomic E-state index is 12.3. The van der Waals surface area contributed by atoms with Gasteiger partial charge in [-0.2, -0.15) is 5.26 Å². The van der Waals surface area contributed by atoms with Crippen LogP contribution in [0.5, 0.6) is 0 Å². The first kappa shape index (κ1) is 27.7. The smallest absolute Gasteiger partial charge is 0.330 e. The Labute approximate surface area is 195 Å². The molecule has 2 heterocycles. The molecule has 1 aromatic rings. The number of nitriles is 1. The number of hydrogen-bond acceptors (Lipinski definition) is 8. The van der Waals surface area contributed by atoms with E-state index in [-0.39, 0.29) is 25.1 Å². The third kappa shape index (κ3) is 8.29. The number of nitrogens with one attached hydrogen (secondary N) is 1. The molecule has 1 aliphatic heterocycles. The summed E-state index contributed by atoms with van der Waals surface area (Å²) in [5.74, 6) is 1.62. The molecule has 0 amide bonds. The van der Waals surface area contributed by atoms with E-state index in [0.29, 0.717) is 6.42 Å². The molecular weight excluding hydrogens is 466 g/mol. The summed E-state index contributed by atoms with van der Waals surface area (Å²) in [7, 11) is -4.00. The highest BCUT2D eigenvalue weighted by Gasteiger charge is 2.40. The van der Waals surface area contributed by atoms with Gasteiger partial charge in [-0.1, -0.05) is 0 Å². The van der Waals surface area contributed by atoms with E-state index in [1.165, 1.54) is 16.8 Å². The van der Waals surface area contributed by atoms with Gasteiger partial charge in [-0.3, -0.25) is 14.3 Å². The van der Waals surface area contributed by atoms with Gasteiger partial charge in [0.25, 0.3) is 14.1 Å². The molecule has 1 saturated heterocycles. The van der Waals surface area contributed by atoms with Crippen molar-refractivity contribution >= 4 is 15.7 Å². The van der Waals surface area contributed by atoms with E-state index >= 15 is 0 Å². The Balaban J connectivity index is 2.35. The molecule has 0 bridgehead atoms. The van der Waals surface area contributed by atoms with Gasteiger partial charge in [0.05, 0.1) is 25.2 Å². The first-order chi connectivity index (χ1) is 15.4. The van der Waals surface area contributed by atoms with E-state index in [2.05, 4.69) is 15.7 Å². The summed E-state index contributed by atoms with van der Waals surface area (Å²) in [6.45, 7) is 11.7. The van der Waals surface area contributed by atoms with Crippen LogP contribution in [0.1, 0.15) is 46.8 Å². The van der Waals surface area contributed by atoms with E-state index in [4.69, 9.17) is 19.0 Å². The van der Waals surface area contributed by atoms with Crippen LogP contribution < -0.4 is 11.2 Å². The van der Waals surface area contributed by atoms with Crippen molar-refractivity contribution in [2.24, 2.45) is 0 Å². The van der Waals surface area contributed by atoms with Crippen LogP contribution in [-0.4, -0.2) is 58.4 Å². The molecule has 0 saturated carbocycles. The fourth-order valence-electron chi connectivity index (χ4n) is 3.47. The first-order valence-electron chi connectivity index (χ1n) is 10.9. The summed E-state index contributed by atoms with van der Waals surface area (Å²) < 4.78 is 34.2. The van der Waals surface area contributed by atoms with E-state index in [1.54, 1.807) is 25.2 Å². The third-order valence-electron chi connectivity index (χ3n) is 4.80. The molecule has 33 heavy (non-hydrogen) atoms. The Morgan fingerprint density at radius 2 is 2.03 bits per heavy atom. The fourth-order valence-corrected chi connectivity index (χ4v) is 5.79. The Bertz CT molecular complexity index is 1000. The molecule has 1 aromatic heterocycles. The van der Waals surface area contributed by atoms with Crippen LogP contribution in [-0.2, 0) is 18.3 Å². The second-order valence-electron chi connectivity index (χ2n) is 8.77. The maximum Gasteiger partial charge on any atom is 0.330 e. The lowest BCUT2D eigenvalue weighted by molar-refractivity contribution is 0.00586. The van der Waals surface area contributed by atoms with E-state index in [0.717, 1.165) is 0 Å². The molecule has 1 N–H and O–H groups in total. The number of aromatic nitrogens is 2. The number of aromatic amines is 1. The topological polar surface area (TPSA) is 127 Å². The SMILES string of the molecule is CC(C)N(C(C)C)P(OCCC#N)O[C@H]1C[C@H](n2ccc(=O)[nH]c2=O)O[C@@H]1/C=C/P(C)(C)=O. The van der Waals surface area contributed by atoms with Crippen molar-refractivity contribution < 1.29 is 18.3 Å². The lowest BCUT2D eigenvalue weighted by Gasteiger charge is -2.37. The number of hydrogen-bond donors (Lipinski definition) is 1. The molecule has 0 aromatic carbocycles. The largest absolute Gasteiger partial charge is 0.348 e. The molecule has 2 rings (SSSR count). The molecule has 1 unspecified atom stereocenters. The van der Waals surface area contributed by atoms with Gasteiger partial charge in [-0.05, 0) is 52.9 Å². The number of H-pyrrole nitrogens is 1. The highest BCUT2D eigenvalue weighted by Crippen LogP contribution is 2.50. The quantitative estimate of drug-likeness (QED) is 0.361. The summed E-state index contributed by atoms with van der Waals surface area (Å²) in [5, 5.41) is 8.92. The summed E-state index contributed by atoms with van der Waals surface area (Å²) in [5.41, 5.74) is -1.07. The standard InChI is InChI=1S/C21H34N4O6P2/c1-15(2)25(16(3)4)32(29-12-7-10-22)31-18-14-20(24-11-8-19(26)23-21(24)27)30-17(18)9-13-33(5,6)28/h8-9,11,13,15-18,20H,7,12,14H2,1-6H3,(H,23,26,27)/b13-9+/t17-,18+,20-,32?/m1/s1. The molecule has 1 fully saturated rings. The molecule has 10 nitrogen and oxygen atoms in total. The lowest BCUT2D eigenvalue weighted by atomic mass is 10.2. The van der Waals surface area contributed by atoms with Gasteiger partial charge in [0, 0.05) is 30.8 Å². The zero-order valence-corrected chi connectivity index (χ0v) is 21.8. The zero-order valence-electron chi connectivity index (χ0n) is 20.0. The highest BCUT2D eigenvalue weighted by molar-refractivity contribution is 7.65. The Morgan fingerprint density at radius 3 is 2.58 bits per heavy atom. The normalized spacial score (nSPS) is 22.5. The van der Waals surface area contributed by atoms with Crippen molar-refractivity contribution in [3.8, 4) is 6.07 Å². The Kier molecular flexibility index (Phi) is 10.2. The van der Waals surface area contributed by atoms with Crippen LogP contribution in [0, 0.1) is 11.3 Å². The Morgan fingerprint density at radius 1 is 1.36 bits per heavy atom. The second kappa shape index (κ2) is 12.2. The minimum atomic E-state index is -2.46. The van der Waals surface area contributed by atoms with Crippen LogP contribution >= 0.6 is 15.7 Å². The monoisotopic (exact) mass is 500 g/mol. The van der Waals surface area contributed by atoms with Crippen molar-refractivity contribution in [2.75, 3.05) is 19.9 Å². The Hall–Kier alpha value is -1.59. The minimum Gasteiger partial charge on any atom is -0.348 e. The molecule has 0 aliphatic carbocycles. The van der Waals surface area contributed by atoms with Crippen LogP contribution in [0.4, 0.5) is 0 Å². The van der Waals surface area contributed by atoms with E-state index in [9.17, 15) is 14.2 Å². The fraction of sp³-hybridized carbons (Fsp3) is 0.667. The molecular formula is C21H34N4O6P2. The van der Waals surface area contributed by atoms with Crippen LogP contribution in [0.3, 0.4) is 0 Å². The zero-order chi connectivity index (χ0) is 24.8. The lowest BCUT2D eigenvalue weighted by Crippen LogP contribution is -2.35. The predicted octanol–water partition coefficient (Wildman–Crippen LogP) is 3.62. The van der Waals surface area contributed by atoms with Crippen LogP contribution in [0.25, 0.3) is 0 Å². The number of ether oxygens (including phenoxy) is 1. The summed E-state index contributed by atoms with van der Waals surface area (Å²) >= 11 is 0. The minimum absolute atomic E-state index is 0.124. The first-order valence-corrected chi connectivity index (χ1v) is 14.7. The number of rotatable bonds is 11. The average molecular weight is 500 g/mol. The highest BCUT2D eigenvalue weighted by atomic mass is 31.2. The van der Waals surface area contributed by atoms with Gasteiger partial charge in [0.1, 0.15) is 19.5 Å². The molecule has 184 valence electrons. The van der Waals surface area contributed by atoms with Gasteiger partial charge in [-0.25, -0.2) is 9.46 Å².